The first-order chi connectivity index (χ1) is 14.1. The lowest BCUT2D eigenvalue weighted by atomic mass is 10.0. The molecule has 0 aliphatic rings. The summed E-state index contributed by atoms with van der Waals surface area (Å²) in [5.41, 5.74) is 4.46. The molecule has 4 heteroatoms. The zero-order chi connectivity index (χ0) is 20.4. The van der Waals surface area contributed by atoms with Crippen molar-refractivity contribution in [3.63, 3.8) is 0 Å². The molecule has 29 heavy (non-hydrogen) atoms. The first-order valence-corrected chi connectivity index (χ1v) is 11.1. The fourth-order valence-corrected chi connectivity index (χ4v) is 4.62. The molecular formula is C25H18INOS. The number of pyridine rings is 1. The maximum Gasteiger partial charge on any atom is 0.195 e. The summed E-state index contributed by atoms with van der Waals surface area (Å²) in [6, 6.07) is 16.1. The predicted octanol–water partition coefficient (Wildman–Crippen LogP) is 7.38. The van der Waals surface area contributed by atoms with Crippen molar-refractivity contribution in [3.8, 4) is 11.1 Å². The molecule has 4 aromatic rings. The fraction of sp³-hybridized carbons (Fsp3) is 0.0400. The van der Waals surface area contributed by atoms with Gasteiger partial charge in [-0.3, -0.25) is 9.78 Å². The van der Waals surface area contributed by atoms with Gasteiger partial charge in [-0.2, -0.15) is 0 Å². The van der Waals surface area contributed by atoms with Gasteiger partial charge < -0.3 is 0 Å². The summed E-state index contributed by atoms with van der Waals surface area (Å²) >= 11 is 3.85. The minimum Gasteiger partial charge on any atom is -0.289 e. The molecule has 2 heterocycles. The number of allylic oxidation sites excluding steroid dienone is 5. The van der Waals surface area contributed by atoms with Crippen LogP contribution in [-0.4, -0.2) is 4.98 Å². The molecular weight excluding hydrogens is 489 g/mol. The molecule has 0 aliphatic carbocycles. The van der Waals surface area contributed by atoms with Crippen molar-refractivity contribution in [2.24, 2.45) is 0 Å². The summed E-state index contributed by atoms with van der Waals surface area (Å²) < 4.78 is 2.96. The molecule has 0 saturated heterocycles. The van der Waals surface area contributed by atoms with Gasteiger partial charge >= 0.3 is 0 Å². The second-order valence-corrected chi connectivity index (χ2v) is 9.08. The van der Waals surface area contributed by atoms with Crippen LogP contribution in [0.3, 0.4) is 0 Å². The van der Waals surface area contributed by atoms with Crippen molar-refractivity contribution in [3.05, 3.63) is 105 Å². The van der Waals surface area contributed by atoms with Gasteiger partial charge in [-0.05, 0) is 94.3 Å². The molecule has 2 aromatic carbocycles. The SMILES string of the molecule is C=C(I)/C=C\C(=C/C)c1ccc2c(=O)c3ccc(-c4ccncc4)cc3sc2c1. The average Bonchev–Trinajstić information content (AvgIpc) is 2.74. The lowest BCUT2D eigenvalue weighted by molar-refractivity contribution is 1.33. The summed E-state index contributed by atoms with van der Waals surface area (Å²) in [5.74, 6) is 0. The van der Waals surface area contributed by atoms with Crippen molar-refractivity contribution >= 4 is 59.7 Å². The van der Waals surface area contributed by atoms with E-state index in [1.54, 1.807) is 23.7 Å². The molecule has 4 rings (SSSR count). The molecule has 0 atom stereocenters. The zero-order valence-electron chi connectivity index (χ0n) is 15.9. The van der Waals surface area contributed by atoms with Crippen LogP contribution in [0.5, 0.6) is 0 Å². The third-order valence-electron chi connectivity index (χ3n) is 4.77. The monoisotopic (exact) mass is 507 g/mol. The highest BCUT2D eigenvalue weighted by molar-refractivity contribution is 14.1. The second kappa shape index (κ2) is 8.43. The van der Waals surface area contributed by atoms with Crippen LogP contribution in [0.1, 0.15) is 12.5 Å². The minimum absolute atomic E-state index is 0.0831. The highest BCUT2D eigenvalue weighted by Crippen LogP contribution is 2.31. The van der Waals surface area contributed by atoms with Gasteiger partial charge in [-0.25, -0.2) is 0 Å². The van der Waals surface area contributed by atoms with Gasteiger partial charge in [0.25, 0.3) is 0 Å². The number of hydrogen-bond donors (Lipinski definition) is 0. The Morgan fingerprint density at radius 3 is 2.34 bits per heavy atom. The summed E-state index contributed by atoms with van der Waals surface area (Å²) in [7, 11) is 0. The highest BCUT2D eigenvalue weighted by Gasteiger charge is 2.09. The van der Waals surface area contributed by atoms with Crippen LogP contribution in [-0.2, 0) is 0 Å². The Morgan fingerprint density at radius 1 is 0.966 bits per heavy atom. The molecule has 0 aliphatic heterocycles. The first-order valence-electron chi connectivity index (χ1n) is 9.17. The zero-order valence-corrected chi connectivity index (χ0v) is 18.8. The molecule has 0 bridgehead atoms. The molecule has 0 fully saturated rings. The van der Waals surface area contributed by atoms with E-state index in [0.717, 1.165) is 46.0 Å². The maximum absolute atomic E-state index is 13.1. The number of rotatable bonds is 4. The van der Waals surface area contributed by atoms with Crippen LogP contribution in [0.15, 0.2) is 94.1 Å². The number of hydrogen-bond acceptors (Lipinski definition) is 3. The van der Waals surface area contributed by atoms with Gasteiger partial charge in [0.2, 0.25) is 0 Å². The molecule has 0 radical (unpaired) electrons. The molecule has 142 valence electrons. The molecule has 0 spiro atoms. The Morgan fingerprint density at radius 2 is 1.66 bits per heavy atom. The molecule has 0 saturated carbocycles. The Balaban J connectivity index is 1.88. The van der Waals surface area contributed by atoms with Gasteiger partial charge in [0, 0.05) is 36.1 Å². The molecule has 0 N–H and O–H groups in total. The third-order valence-corrected chi connectivity index (χ3v) is 6.25. The maximum atomic E-state index is 13.1. The van der Waals surface area contributed by atoms with E-state index in [9.17, 15) is 4.79 Å². The summed E-state index contributed by atoms with van der Waals surface area (Å²) in [6.07, 6.45) is 9.68. The number of nitrogens with zero attached hydrogens (tertiary/aromatic N) is 1. The van der Waals surface area contributed by atoms with Crippen LogP contribution in [0.2, 0.25) is 0 Å². The normalized spacial score (nSPS) is 12.1. The van der Waals surface area contributed by atoms with Crippen LogP contribution >= 0.6 is 33.9 Å². The minimum atomic E-state index is 0.0831. The molecule has 2 aromatic heterocycles. The lowest BCUT2D eigenvalue weighted by Gasteiger charge is -2.07. The largest absolute Gasteiger partial charge is 0.289 e. The van der Waals surface area contributed by atoms with E-state index >= 15 is 0 Å². The van der Waals surface area contributed by atoms with Gasteiger partial charge in [0.1, 0.15) is 0 Å². The van der Waals surface area contributed by atoms with E-state index in [0.29, 0.717) is 0 Å². The van der Waals surface area contributed by atoms with E-state index in [2.05, 4.69) is 58.4 Å². The van der Waals surface area contributed by atoms with E-state index in [4.69, 9.17) is 0 Å². The summed E-state index contributed by atoms with van der Waals surface area (Å²) in [5, 5.41) is 1.53. The van der Waals surface area contributed by atoms with Crippen LogP contribution in [0, 0.1) is 0 Å². The molecule has 2 nitrogen and oxygen atoms in total. The van der Waals surface area contributed by atoms with Crippen molar-refractivity contribution < 1.29 is 0 Å². The van der Waals surface area contributed by atoms with Crippen LogP contribution < -0.4 is 5.43 Å². The fourth-order valence-electron chi connectivity index (χ4n) is 3.30. The van der Waals surface area contributed by atoms with Crippen LogP contribution in [0.25, 0.3) is 36.9 Å². The number of aromatic nitrogens is 1. The Kier molecular flexibility index (Phi) is 5.74. The van der Waals surface area contributed by atoms with Crippen molar-refractivity contribution in [1.29, 1.82) is 0 Å². The van der Waals surface area contributed by atoms with Crippen LogP contribution in [0.4, 0.5) is 0 Å². The second-order valence-electron chi connectivity index (χ2n) is 6.61. The number of fused-ring (bicyclic) bond motifs is 2. The quantitative estimate of drug-likeness (QED) is 0.164. The topological polar surface area (TPSA) is 30.0 Å². The van der Waals surface area contributed by atoms with Gasteiger partial charge in [0.05, 0.1) is 0 Å². The highest BCUT2D eigenvalue weighted by atomic mass is 127. The van der Waals surface area contributed by atoms with E-state index < -0.39 is 0 Å². The standard InChI is InChI=1S/C25H18INOS/c1-3-17(5-4-16(2)26)19-6-8-21-23(14-19)29-24-15-20(7-9-22(24)25(21)28)18-10-12-27-13-11-18/h3-15H,2H2,1H3/b5-4-,17-3+. The average molecular weight is 507 g/mol. The third kappa shape index (κ3) is 4.09. The lowest BCUT2D eigenvalue weighted by Crippen LogP contribution is -2.01. The number of halogens is 1. The van der Waals surface area contributed by atoms with E-state index in [-0.39, 0.29) is 5.43 Å². The summed E-state index contributed by atoms with van der Waals surface area (Å²) in [6.45, 7) is 5.93. The first kappa shape index (κ1) is 19.7. The Bertz CT molecular complexity index is 1350. The van der Waals surface area contributed by atoms with Crippen molar-refractivity contribution in [1.82, 2.24) is 4.98 Å². The summed E-state index contributed by atoms with van der Waals surface area (Å²) in [4.78, 5) is 17.1. The Labute approximate surface area is 187 Å². The molecule has 0 unspecified atom stereocenters. The predicted molar refractivity (Wildman–Crippen MR) is 135 cm³/mol. The smallest absolute Gasteiger partial charge is 0.195 e. The van der Waals surface area contributed by atoms with Gasteiger partial charge in [-0.1, -0.05) is 30.9 Å². The van der Waals surface area contributed by atoms with Crippen molar-refractivity contribution in [2.75, 3.05) is 0 Å². The van der Waals surface area contributed by atoms with Crippen molar-refractivity contribution in [2.45, 2.75) is 6.92 Å². The van der Waals surface area contributed by atoms with Gasteiger partial charge in [-0.15, -0.1) is 11.3 Å². The van der Waals surface area contributed by atoms with E-state index in [1.807, 2.05) is 49.4 Å². The van der Waals surface area contributed by atoms with Gasteiger partial charge in [0.15, 0.2) is 5.43 Å². The van der Waals surface area contributed by atoms with E-state index in [1.165, 1.54) is 0 Å². The molecule has 0 amide bonds. The number of benzene rings is 2. The Hall–Kier alpha value is -2.57.